The second kappa shape index (κ2) is 6.32. The fourth-order valence-electron chi connectivity index (χ4n) is 2.63. The molecule has 1 aromatic rings. The summed E-state index contributed by atoms with van der Waals surface area (Å²) in [4.78, 5) is 16.0. The maximum Gasteiger partial charge on any atom is 0.255 e. The van der Waals surface area contributed by atoms with E-state index in [1.165, 1.54) is 0 Å². The number of carbonyl (C=O) groups excluding carboxylic acids is 1. The number of methoxy groups -OCH3 is 2. The number of amides is 1. The van der Waals surface area contributed by atoms with Gasteiger partial charge in [-0.2, -0.15) is 0 Å². The van der Waals surface area contributed by atoms with Crippen molar-refractivity contribution in [2.24, 2.45) is 0 Å². The molecule has 1 saturated heterocycles. The first-order valence-corrected chi connectivity index (χ1v) is 6.89. The first-order valence-electron chi connectivity index (χ1n) is 6.89. The van der Waals surface area contributed by atoms with Crippen LogP contribution in [-0.4, -0.2) is 64.4 Å². The van der Waals surface area contributed by atoms with Crippen molar-refractivity contribution in [3.05, 3.63) is 23.8 Å². The highest BCUT2D eigenvalue weighted by Crippen LogP contribution is 2.29. The standard InChI is InChI=1S/C15H23N3O3/c1-17(2)15(19)11-6-5-10(16)7-12(11)18-8-13(20-3)14(9-18)21-4/h5-7,13-14H,8-9,16H2,1-4H3. The highest BCUT2D eigenvalue weighted by atomic mass is 16.5. The van der Waals surface area contributed by atoms with Gasteiger partial charge in [-0.25, -0.2) is 0 Å². The molecule has 0 bridgehead atoms. The van der Waals surface area contributed by atoms with Crippen LogP contribution in [0.4, 0.5) is 11.4 Å². The van der Waals surface area contributed by atoms with E-state index in [0.717, 1.165) is 5.69 Å². The smallest absolute Gasteiger partial charge is 0.255 e. The molecule has 0 saturated carbocycles. The lowest BCUT2D eigenvalue weighted by Crippen LogP contribution is -2.28. The Morgan fingerprint density at radius 3 is 2.29 bits per heavy atom. The third kappa shape index (κ3) is 3.11. The number of hydrogen-bond donors (Lipinski definition) is 1. The number of hydrogen-bond acceptors (Lipinski definition) is 5. The van der Waals surface area contributed by atoms with Crippen molar-refractivity contribution >= 4 is 17.3 Å². The molecule has 2 N–H and O–H groups in total. The molecule has 1 aliphatic rings. The lowest BCUT2D eigenvalue weighted by molar-refractivity contribution is -0.00461. The van der Waals surface area contributed by atoms with Crippen molar-refractivity contribution in [1.29, 1.82) is 0 Å². The van der Waals surface area contributed by atoms with Crippen LogP contribution >= 0.6 is 0 Å². The average molecular weight is 293 g/mol. The van der Waals surface area contributed by atoms with Gasteiger partial charge >= 0.3 is 0 Å². The van der Waals surface area contributed by atoms with Crippen molar-refractivity contribution in [2.45, 2.75) is 12.2 Å². The van der Waals surface area contributed by atoms with Crippen LogP contribution in [0.2, 0.25) is 0 Å². The minimum absolute atomic E-state index is 0.0151. The number of rotatable bonds is 4. The number of benzene rings is 1. The molecule has 2 atom stereocenters. The zero-order valence-electron chi connectivity index (χ0n) is 13.0. The molecule has 0 aromatic heterocycles. The van der Waals surface area contributed by atoms with Crippen LogP contribution < -0.4 is 10.6 Å². The predicted octanol–water partition coefficient (Wildman–Crippen LogP) is 0.821. The van der Waals surface area contributed by atoms with Crippen LogP contribution in [0.25, 0.3) is 0 Å². The zero-order valence-corrected chi connectivity index (χ0v) is 13.0. The van der Waals surface area contributed by atoms with E-state index in [-0.39, 0.29) is 18.1 Å². The minimum Gasteiger partial charge on any atom is -0.399 e. The fraction of sp³-hybridized carbons (Fsp3) is 0.533. The Labute approximate surface area is 125 Å². The van der Waals surface area contributed by atoms with E-state index in [1.807, 2.05) is 6.07 Å². The number of nitrogens with two attached hydrogens (primary N) is 1. The maximum absolute atomic E-state index is 12.3. The Bertz CT molecular complexity index is 507. The number of nitrogens with zero attached hydrogens (tertiary/aromatic N) is 2. The monoisotopic (exact) mass is 293 g/mol. The third-order valence-electron chi connectivity index (χ3n) is 3.82. The molecule has 1 aliphatic heterocycles. The van der Waals surface area contributed by atoms with E-state index in [9.17, 15) is 4.79 Å². The van der Waals surface area contributed by atoms with Gasteiger partial charge in [0.1, 0.15) is 12.2 Å². The van der Waals surface area contributed by atoms with Gasteiger partial charge in [-0.3, -0.25) is 4.79 Å². The molecule has 1 fully saturated rings. The Hall–Kier alpha value is -1.79. The van der Waals surface area contributed by atoms with Crippen molar-refractivity contribution < 1.29 is 14.3 Å². The zero-order chi connectivity index (χ0) is 15.6. The van der Waals surface area contributed by atoms with Crippen LogP contribution in [-0.2, 0) is 9.47 Å². The predicted molar refractivity (Wildman–Crippen MR) is 82.7 cm³/mol. The number of nitrogen functional groups attached to an aromatic ring is 1. The average Bonchev–Trinajstić information content (AvgIpc) is 2.89. The molecule has 1 aromatic carbocycles. The van der Waals surface area contributed by atoms with Crippen molar-refractivity contribution in [3.63, 3.8) is 0 Å². The molecule has 6 nitrogen and oxygen atoms in total. The molecule has 6 heteroatoms. The Kier molecular flexibility index (Phi) is 4.69. The van der Waals surface area contributed by atoms with Crippen molar-refractivity contribution in [2.75, 3.05) is 52.0 Å². The summed E-state index contributed by atoms with van der Waals surface area (Å²) >= 11 is 0. The molecule has 2 unspecified atom stereocenters. The molecular formula is C15H23N3O3. The van der Waals surface area contributed by atoms with Gasteiger partial charge in [-0.15, -0.1) is 0 Å². The first-order chi connectivity index (χ1) is 9.97. The van der Waals surface area contributed by atoms with Crippen LogP contribution in [0.15, 0.2) is 18.2 Å². The summed E-state index contributed by atoms with van der Waals surface area (Å²) in [6.45, 7) is 1.35. The Balaban J connectivity index is 2.35. The van der Waals surface area contributed by atoms with Gasteiger partial charge in [-0.1, -0.05) is 0 Å². The van der Waals surface area contributed by atoms with Gasteiger partial charge in [-0.05, 0) is 18.2 Å². The molecule has 2 rings (SSSR count). The summed E-state index contributed by atoms with van der Waals surface area (Å²) in [5.41, 5.74) is 7.99. The summed E-state index contributed by atoms with van der Waals surface area (Å²) in [5, 5.41) is 0. The van der Waals surface area contributed by atoms with Crippen molar-refractivity contribution in [3.8, 4) is 0 Å². The quantitative estimate of drug-likeness (QED) is 0.833. The molecule has 116 valence electrons. The van der Waals surface area contributed by atoms with Crippen LogP contribution in [0.5, 0.6) is 0 Å². The summed E-state index contributed by atoms with van der Waals surface area (Å²) in [6.07, 6.45) is -0.0301. The summed E-state index contributed by atoms with van der Waals surface area (Å²) in [5.74, 6) is -0.0418. The van der Waals surface area contributed by atoms with Gasteiger partial charge < -0.3 is 25.0 Å². The highest BCUT2D eigenvalue weighted by molar-refractivity contribution is 6.00. The van der Waals surface area contributed by atoms with Gasteiger partial charge in [0.2, 0.25) is 0 Å². The van der Waals surface area contributed by atoms with Crippen LogP contribution in [0.1, 0.15) is 10.4 Å². The fourth-order valence-corrected chi connectivity index (χ4v) is 2.63. The summed E-state index contributed by atoms with van der Waals surface area (Å²) in [6, 6.07) is 5.36. The number of anilines is 2. The second-order valence-corrected chi connectivity index (χ2v) is 5.43. The number of carbonyl (C=O) groups is 1. The topological polar surface area (TPSA) is 68.0 Å². The van der Waals surface area contributed by atoms with Crippen LogP contribution in [0, 0.1) is 0 Å². The normalized spacial score (nSPS) is 21.6. The lowest BCUT2D eigenvalue weighted by atomic mass is 10.1. The van der Waals surface area contributed by atoms with Gasteiger partial charge in [0.15, 0.2) is 0 Å². The lowest BCUT2D eigenvalue weighted by Gasteiger charge is -2.23. The molecule has 1 amide bonds. The van der Waals surface area contributed by atoms with Gasteiger partial charge in [0.05, 0.1) is 11.3 Å². The summed E-state index contributed by atoms with van der Waals surface area (Å²) < 4.78 is 10.9. The van der Waals surface area contributed by atoms with E-state index in [1.54, 1.807) is 45.3 Å². The molecule has 0 radical (unpaired) electrons. The van der Waals surface area contributed by atoms with Gasteiger partial charge in [0.25, 0.3) is 5.91 Å². The van der Waals surface area contributed by atoms with E-state index in [2.05, 4.69) is 4.90 Å². The largest absolute Gasteiger partial charge is 0.399 e. The Morgan fingerprint density at radius 2 is 1.81 bits per heavy atom. The van der Waals surface area contributed by atoms with E-state index in [0.29, 0.717) is 24.3 Å². The molecular weight excluding hydrogens is 270 g/mol. The van der Waals surface area contributed by atoms with E-state index >= 15 is 0 Å². The summed E-state index contributed by atoms with van der Waals surface area (Å²) in [7, 11) is 6.82. The van der Waals surface area contributed by atoms with Crippen LogP contribution in [0.3, 0.4) is 0 Å². The molecule has 0 aliphatic carbocycles. The molecule has 0 spiro atoms. The third-order valence-corrected chi connectivity index (χ3v) is 3.82. The molecule has 21 heavy (non-hydrogen) atoms. The maximum atomic E-state index is 12.3. The minimum atomic E-state index is -0.0418. The second-order valence-electron chi connectivity index (χ2n) is 5.43. The molecule has 1 heterocycles. The Morgan fingerprint density at radius 1 is 1.24 bits per heavy atom. The van der Waals surface area contributed by atoms with E-state index < -0.39 is 0 Å². The number of ether oxygens (including phenoxy) is 2. The highest BCUT2D eigenvalue weighted by Gasteiger charge is 2.34. The SMILES string of the molecule is COC1CN(c2cc(N)ccc2C(=O)N(C)C)CC1OC. The van der Waals surface area contributed by atoms with Crippen molar-refractivity contribution in [1.82, 2.24) is 4.90 Å². The first kappa shape index (κ1) is 15.6. The van der Waals surface area contributed by atoms with E-state index in [4.69, 9.17) is 15.2 Å². The van der Waals surface area contributed by atoms with Gasteiger partial charge in [0, 0.05) is 47.1 Å².